The number of hydrogen-bond donors (Lipinski definition) is 1. The molecular weight excluding hydrogens is 410 g/mol. The lowest BCUT2D eigenvalue weighted by Crippen LogP contribution is -1.96. The minimum atomic E-state index is 0.458. The molecule has 3 rings (SSSR count). The molecule has 0 aliphatic rings. The van der Waals surface area contributed by atoms with Gasteiger partial charge in [0.15, 0.2) is 11.5 Å². The number of unbranched alkanes of at least 4 members (excludes halogenated alkanes) is 1. The van der Waals surface area contributed by atoms with E-state index < -0.39 is 0 Å². The standard InChI is InChI=1S/C24H25N3O3S/c1-4-5-12-30-20-9-7-19(8-10-20)26-15-18(14-25)24-27-21(16-31-24)17-6-11-22(28-2)23(13-17)29-3/h6-11,13,15-16,26H,4-5,12H2,1-3H3. The van der Waals surface area contributed by atoms with Gasteiger partial charge in [-0.05, 0) is 48.9 Å². The third kappa shape index (κ3) is 5.77. The van der Waals surface area contributed by atoms with Gasteiger partial charge in [-0.25, -0.2) is 4.98 Å². The van der Waals surface area contributed by atoms with Gasteiger partial charge in [-0.3, -0.25) is 0 Å². The summed E-state index contributed by atoms with van der Waals surface area (Å²) in [6.45, 7) is 2.85. The Labute approximate surface area is 186 Å². The van der Waals surface area contributed by atoms with Gasteiger partial charge in [0.25, 0.3) is 0 Å². The third-order valence-corrected chi connectivity index (χ3v) is 5.41. The van der Waals surface area contributed by atoms with Gasteiger partial charge in [0, 0.05) is 22.8 Å². The Balaban J connectivity index is 1.71. The number of nitriles is 1. The van der Waals surface area contributed by atoms with Crippen molar-refractivity contribution in [2.75, 3.05) is 26.1 Å². The van der Waals surface area contributed by atoms with E-state index in [-0.39, 0.29) is 0 Å². The van der Waals surface area contributed by atoms with Crippen molar-refractivity contribution in [3.05, 3.63) is 59.1 Å². The van der Waals surface area contributed by atoms with Crippen LogP contribution < -0.4 is 19.5 Å². The smallest absolute Gasteiger partial charge is 0.161 e. The maximum Gasteiger partial charge on any atom is 0.161 e. The maximum atomic E-state index is 9.60. The number of aromatic nitrogens is 1. The van der Waals surface area contributed by atoms with Crippen LogP contribution in [-0.4, -0.2) is 25.8 Å². The Morgan fingerprint density at radius 1 is 1.13 bits per heavy atom. The summed E-state index contributed by atoms with van der Waals surface area (Å²) in [6.07, 6.45) is 3.81. The highest BCUT2D eigenvalue weighted by Crippen LogP contribution is 2.33. The van der Waals surface area contributed by atoms with Crippen molar-refractivity contribution in [2.24, 2.45) is 0 Å². The first-order valence-corrected chi connectivity index (χ1v) is 10.8. The molecule has 6 nitrogen and oxygen atoms in total. The third-order valence-electron chi connectivity index (χ3n) is 4.54. The molecule has 3 aromatic rings. The van der Waals surface area contributed by atoms with Gasteiger partial charge in [-0.15, -0.1) is 11.3 Å². The van der Waals surface area contributed by atoms with Gasteiger partial charge < -0.3 is 19.5 Å². The fourth-order valence-corrected chi connectivity index (χ4v) is 3.60. The van der Waals surface area contributed by atoms with Crippen molar-refractivity contribution in [3.63, 3.8) is 0 Å². The van der Waals surface area contributed by atoms with Crippen molar-refractivity contribution in [1.82, 2.24) is 4.98 Å². The monoisotopic (exact) mass is 435 g/mol. The number of rotatable bonds is 10. The molecule has 0 bridgehead atoms. The molecule has 0 saturated heterocycles. The first-order valence-electron chi connectivity index (χ1n) is 9.96. The molecule has 1 N–H and O–H groups in total. The number of nitrogens with zero attached hydrogens (tertiary/aromatic N) is 2. The number of hydrogen-bond acceptors (Lipinski definition) is 7. The van der Waals surface area contributed by atoms with E-state index in [1.807, 2.05) is 47.8 Å². The number of nitrogens with one attached hydrogen (secondary N) is 1. The molecule has 0 radical (unpaired) electrons. The lowest BCUT2D eigenvalue weighted by molar-refractivity contribution is 0.309. The Bertz CT molecular complexity index is 1070. The second kappa shape index (κ2) is 11.0. The molecule has 0 amide bonds. The van der Waals surface area contributed by atoms with Crippen LogP contribution in [0.5, 0.6) is 17.2 Å². The zero-order valence-electron chi connectivity index (χ0n) is 17.8. The highest BCUT2D eigenvalue weighted by atomic mass is 32.1. The quantitative estimate of drug-likeness (QED) is 0.312. The molecule has 7 heteroatoms. The van der Waals surface area contributed by atoms with Crippen molar-refractivity contribution in [3.8, 4) is 34.6 Å². The molecule has 0 fully saturated rings. The van der Waals surface area contributed by atoms with Gasteiger partial charge in [-0.2, -0.15) is 5.26 Å². The summed E-state index contributed by atoms with van der Waals surface area (Å²) in [5.41, 5.74) is 2.99. The summed E-state index contributed by atoms with van der Waals surface area (Å²) < 4.78 is 16.3. The van der Waals surface area contributed by atoms with Gasteiger partial charge in [0.1, 0.15) is 22.4 Å². The molecule has 0 atom stereocenters. The van der Waals surface area contributed by atoms with Crippen molar-refractivity contribution >= 4 is 22.6 Å². The van der Waals surface area contributed by atoms with Crippen LogP contribution in [0.2, 0.25) is 0 Å². The zero-order chi connectivity index (χ0) is 22.1. The highest BCUT2D eigenvalue weighted by Gasteiger charge is 2.12. The van der Waals surface area contributed by atoms with E-state index in [1.54, 1.807) is 20.4 Å². The first kappa shape index (κ1) is 22.2. The molecule has 0 spiro atoms. The van der Waals surface area contributed by atoms with Crippen LogP contribution >= 0.6 is 11.3 Å². The van der Waals surface area contributed by atoms with Crippen LogP contribution in [-0.2, 0) is 0 Å². The van der Waals surface area contributed by atoms with Crippen molar-refractivity contribution < 1.29 is 14.2 Å². The van der Waals surface area contributed by atoms with E-state index >= 15 is 0 Å². The second-order valence-corrected chi connectivity index (χ2v) is 7.51. The molecule has 160 valence electrons. The minimum Gasteiger partial charge on any atom is -0.494 e. The Morgan fingerprint density at radius 3 is 2.58 bits per heavy atom. The van der Waals surface area contributed by atoms with Crippen LogP contribution in [0, 0.1) is 11.3 Å². The van der Waals surface area contributed by atoms with Gasteiger partial charge in [-0.1, -0.05) is 13.3 Å². The average molecular weight is 436 g/mol. The van der Waals surface area contributed by atoms with Crippen LogP contribution in [0.4, 0.5) is 5.69 Å². The number of methoxy groups -OCH3 is 2. The van der Waals surface area contributed by atoms with Crippen LogP contribution in [0.1, 0.15) is 24.8 Å². The largest absolute Gasteiger partial charge is 0.494 e. The molecule has 0 aliphatic heterocycles. The summed E-state index contributed by atoms with van der Waals surface area (Å²) in [5.74, 6) is 2.13. The Morgan fingerprint density at radius 2 is 1.90 bits per heavy atom. The van der Waals surface area contributed by atoms with Gasteiger partial charge in [0.05, 0.1) is 26.5 Å². The second-order valence-electron chi connectivity index (χ2n) is 6.65. The maximum absolute atomic E-state index is 9.60. The van der Waals surface area contributed by atoms with Crippen LogP contribution in [0.25, 0.3) is 16.8 Å². The Kier molecular flexibility index (Phi) is 7.91. The zero-order valence-corrected chi connectivity index (χ0v) is 18.7. The van der Waals surface area contributed by atoms with Crippen LogP contribution in [0.15, 0.2) is 54.0 Å². The number of benzene rings is 2. The number of thiazole rings is 1. The average Bonchev–Trinajstić information content (AvgIpc) is 3.30. The predicted octanol–water partition coefficient (Wildman–Crippen LogP) is 5.98. The number of allylic oxidation sites excluding steroid dienone is 1. The van der Waals surface area contributed by atoms with E-state index in [2.05, 4.69) is 23.3 Å². The molecule has 31 heavy (non-hydrogen) atoms. The molecule has 1 heterocycles. The summed E-state index contributed by atoms with van der Waals surface area (Å²) in [4.78, 5) is 4.62. The lowest BCUT2D eigenvalue weighted by Gasteiger charge is -2.08. The van der Waals surface area contributed by atoms with E-state index in [0.717, 1.165) is 35.5 Å². The number of anilines is 1. The lowest BCUT2D eigenvalue weighted by atomic mass is 10.1. The van der Waals surface area contributed by atoms with Crippen molar-refractivity contribution in [2.45, 2.75) is 19.8 Å². The topological polar surface area (TPSA) is 76.4 Å². The minimum absolute atomic E-state index is 0.458. The van der Waals surface area contributed by atoms with E-state index in [0.29, 0.717) is 28.7 Å². The van der Waals surface area contributed by atoms with E-state index in [4.69, 9.17) is 14.2 Å². The SMILES string of the molecule is CCCCOc1ccc(NC=C(C#N)c2nc(-c3ccc(OC)c(OC)c3)cs2)cc1. The summed E-state index contributed by atoms with van der Waals surface area (Å²) >= 11 is 1.42. The Hall–Kier alpha value is -3.50. The number of ether oxygens (including phenoxy) is 3. The predicted molar refractivity (Wildman–Crippen MR) is 125 cm³/mol. The van der Waals surface area contributed by atoms with Gasteiger partial charge >= 0.3 is 0 Å². The molecule has 0 saturated carbocycles. The summed E-state index contributed by atoms with van der Waals surface area (Å²) in [7, 11) is 3.20. The normalized spacial score (nSPS) is 11.0. The fourth-order valence-electron chi connectivity index (χ4n) is 2.80. The first-order chi connectivity index (χ1) is 15.2. The summed E-state index contributed by atoms with van der Waals surface area (Å²) in [6, 6.07) is 15.5. The molecular formula is C24H25N3O3S. The molecule has 1 aromatic heterocycles. The van der Waals surface area contributed by atoms with E-state index in [1.165, 1.54) is 11.3 Å². The highest BCUT2D eigenvalue weighted by molar-refractivity contribution is 7.11. The van der Waals surface area contributed by atoms with Crippen molar-refractivity contribution in [1.29, 1.82) is 5.26 Å². The molecule has 2 aromatic carbocycles. The summed E-state index contributed by atoms with van der Waals surface area (Å²) in [5, 5.41) is 15.3. The van der Waals surface area contributed by atoms with Gasteiger partial charge in [0.2, 0.25) is 0 Å². The molecule has 0 aliphatic carbocycles. The van der Waals surface area contributed by atoms with Crippen LogP contribution in [0.3, 0.4) is 0 Å². The fraction of sp³-hybridized carbons (Fsp3) is 0.250. The van der Waals surface area contributed by atoms with E-state index in [9.17, 15) is 5.26 Å². The molecule has 0 unspecified atom stereocenters.